The fraction of sp³-hybridized carbons (Fsp3) is 0.400. The number of thioether (sulfide) groups is 1. The molecule has 0 saturated heterocycles. The van der Waals surface area contributed by atoms with Crippen LogP contribution in [-0.2, 0) is 17.7 Å². The van der Waals surface area contributed by atoms with E-state index >= 15 is 0 Å². The zero-order chi connectivity index (χ0) is 19.0. The summed E-state index contributed by atoms with van der Waals surface area (Å²) in [6, 6.07) is 8.08. The third kappa shape index (κ3) is 3.57. The summed E-state index contributed by atoms with van der Waals surface area (Å²) in [5.74, 6) is 0.762. The summed E-state index contributed by atoms with van der Waals surface area (Å²) in [7, 11) is 3.90. The lowest BCUT2D eigenvalue weighted by molar-refractivity contribution is -0.895. The van der Waals surface area contributed by atoms with Crippen LogP contribution in [0, 0.1) is 6.92 Å². The number of aryl methyl sites for hydroxylation is 1. The number of nitrogens with zero attached hydrogens (tertiary/aromatic N) is 2. The van der Waals surface area contributed by atoms with Crippen molar-refractivity contribution in [3.8, 4) is 5.69 Å². The highest BCUT2D eigenvalue weighted by Crippen LogP contribution is 2.31. The highest BCUT2D eigenvalue weighted by atomic mass is 32.2. The Morgan fingerprint density at radius 3 is 2.85 bits per heavy atom. The maximum atomic E-state index is 13.6. The second-order valence-corrected chi connectivity index (χ2v) is 9.18. The average Bonchev–Trinajstić information content (AvgIpc) is 3.00. The van der Waals surface area contributed by atoms with Crippen molar-refractivity contribution in [2.24, 2.45) is 0 Å². The van der Waals surface area contributed by atoms with E-state index < -0.39 is 0 Å². The lowest BCUT2D eigenvalue weighted by Gasteiger charge is -2.19. The van der Waals surface area contributed by atoms with Crippen molar-refractivity contribution < 1.29 is 9.64 Å². The molecule has 27 heavy (non-hydrogen) atoms. The number of ether oxygens (including phenoxy) is 1. The van der Waals surface area contributed by atoms with E-state index in [1.54, 1.807) is 34.8 Å². The minimum Gasteiger partial charge on any atom is -0.384 e. The fourth-order valence-electron chi connectivity index (χ4n) is 3.48. The Morgan fingerprint density at radius 1 is 1.33 bits per heavy atom. The highest BCUT2D eigenvalue weighted by Gasteiger charge is 2.26. The van der Waals surface area contributed by atoms with Gasteiger partial charge in [0.1, 0.15) is 11.4 Å². The van der Waals surface area contributed by atoms with Gasteiger partial charge in [0.05, 0.1) is 36.2 Å². The predicted octanol–water partition coefficient (Wildman–Crippen LogP) is 2.06. The van der Waals surface area contributed by atoms with Gasteiger partial charge in [-0.3, -0.25) is 9.36 Å². The highest BCUT2D eigenvalue weighted by molar-refractivity contribution is 7.99. The molecule has 0 radical (unpaired) electrons. The van der Waals surface area contributed by atoms with E-state index in [-0.39, 0.29) is 5.56 Å². The van der Waals surface area contributed by atoms with Crippen LogP contribution in [0.5, 0.6) is 0 Å². The van der Waals surface area contributed by atoms with Gasteiger partial charge in [-0.15, -0.1) is 11.3 Å². The lowest BCUT2D eigenvalue weighted by Crippen LogP contribution is -3.08. The van der Waals surface area contributed by atoms with Crippen LogP contribution in [0.2, 0.25) is 0 Å². The van der Waals surface area contributed by atoms with Gasteiger partial charge in [-0.1, -0.05) is 29.5 Å². The van der Waals surface area contributed by atoms with Gasteiger partial charge in [-0.25, -0.2) is 4.98 Å². The zero-order valence-corrected chi connectivity index (χ0v) is 17.5. The molecule has 3 aromatic rings. The largest absolute Gasteiger partial charge is 0.384 e. The zero-order valence-electron chi connectivity index (χ0n) is 15.9. The molecule has 0 fully saturated rings. The smallest absolute Gasteiger partial charge is 0.267 e. The monoisotopic (exact) mass is 402 g/mol. The molecule has 1 unspecified atom stereocenters. The van der Waals surface area contributed by atoms with Gasteiger partial charge in [0, 0.05) is 19.3 Å². The number of aromatic nitrogens is 2. The van der Waals surface area contributed by atoms with E-state index in [4.69, 9.17) is 9.72 Å². The first-order valence-corrected chi connectivity index (χ1v) is 11.0. The Balaban J connectivity index is 1.92. The number of fused-ring (bicyclic) bond motifs is 3. The van der Waals surface area contributed by atoms with E-state index in [2.05, 4.69) is 14.0 Å². The molecule has 0 bridgehead atoms. The summed E-state index contributed by atoms with van der Waals surface area (Å²) in [6.07, 6.45) is 0.947. The van der Waals surface area contributed by atoms with Crippen molar-refractivity contribution in [3.05, 3.63) is 50.6 Å². The number of thiophene rings is 1. The standard InChI is InChI=1S/C20H23N3O2S2/c1-13-4-6-14(7-5-13)23-19(24)17-15-8-9-22(2)12-16(15)27-18(17)21-20(23)26-11-10-25-3/h4-7H,8-12H2,1-3H3/p+1. The third-order valence-electron chi connectivity index (χ3n) is 4.95. The van der Waals surface area contributed by atoms with Gasteiger partial charge in [-0.2, -0.15) is 0 Å². The van der Waals surface area contributed by atoms with Crippen LogP contribution >= 0.6 is 23.1 Å². The molecule has 1 aliphatic rings. The maximum absolute atomic E-state index is 13.6. The summed E-state index contributed by atoms with van der Waals surface area (Å²) >= 11 is 3.26. The minimum absolute atomic E-state index is 0.0563. The van der Waals surface area contributed by atoms with Gasteiger partial charge in [0.25, 0.3) is 5.56 Å². The van der Waals surface area contributed by atoms with Crippen LogP contribution in [0.25, 0.3) is 15.9 Å². The molecule has 0 saturated carbocycles. The van der Waals surface area contributed by atoms with Gasteiger partial charge in [0.15, 0.2) is 5.16 Å². The van der Waals surface area contributed by atoms with Crippen molar-refractivity contribution in [1.82, 2.24) is 9.55 Å². The van der Waals surface area contributed by atoms with Crippen molar-refractivity contribution in [2.45, 2.75) is 25.0 Å². The lowest BCUT2D eigenvalue weighted by atomic mass is 10.1. The van der Waals surface area contributed by atoms with E-state index in [1.165, 1.54) is 20.9 Å². The first-order valence-electron chi connectivity index (χ1n) is 9.16. The summed E-state index contributed by atoms with van der Waals surface area (Å²) in [4.78, 5) is 22.2. The molecule has 5 nitrogen and oxygen atoms in total. The molecule has 4 rings (SSSR count). The van der Waals surface area contributed by atoms with Crippen molar-refractivity contribution in [2.75, 3.05) is 33.1 Å². The maximum Gasteiger partial charge on any atom is 0.267 e. The number of hydrogen-bond acceptors (Lipinski definition) is 5. The number of hydrogen-bond donors (Lipinski definition) is 1. The van der Waals surface area contributed by atoms with Crippen molar-refractivity contribution in [1.29, 1.82) is 0 Å². The van der Waals surface area contributed by atoms with Crippen LogP contribution in [-0.4, -0.2) is 42.6 Å². The molecule has 0 spiro atoms. The Kier molecular flexibility index (Phi) is 5.36. The molecular weight excluding hydrogens is 378 g/mol. The number of benzene rings is 1. The van der Waals surface area contributed by atoms with E-state index in [9.17, 15) is 4.79 Å². The van der Waals surface area contributed by atoms with Gasteiger partial charge in [-0.05, 0) is 24.6 Å². The second-order valence-electron chi connectivity index (χ2n) is 7.03. The van der Waals surface area contributed by atoms with Crippen LogP contribution in [0.1, 0.15) is 16.0 Å². The molecule has 0 aliphatic carbocycles. The molecule has 1 atom stereocenters. The Hall–Kier alpha value is -1.67. The van der Waals surface area contributed by atoms with E-state index in [0.717, 1.165) is 46.3 Å². The quantitative estimate of drug-likeness (QED) is 0.403. The van der Waals surface area contributed by atoms with Crippen LogP contribution < -0.4 is 10.5 Å². The first kappa shape index (κ1) is 18.7. The molecule has 1 N–H and O–H groups in total. The molecule has 1 aromatic carbocycles. The first-order chi connectivity index (χ1) is 13.1. The second kappa shape index (κ2) is 7.75. The number of methoxy groups -OCH3 is 1. The third-order valence-corrected chi connectivity index (χ3v) is 6.98. The molecule has 142 valence electrons. The molecule has 3 heterocycles. The van der Waals surface area contributed by atoms with Gasteiger partial charge in [0.2, 0.25) is 0 Å². The summed E-state index contributed by atoms with van der Waals surface area (Å²) in [6.45, 7) is 4.72. The topological polar surface area (TPSA) is 48.6 Å². The van der Waals surface area contributed by atoms with Gasteiger partial charge >= 0.3 is 0 Å². The molecule has 0 amide bonds. The van der Waals surface area contributed by atoms with Crippen LogP contribution in [0.3, 0.4) is 0 Å². The minimum atomic E-state index is 0.0563. The van der Waals surface area contributed by atoms with Crippen molar-refractivity contribution >= 4 is 33.3 Å². The molecule has 7 heteroatoms. The van der Waals surface area contributed by atoms with E-state index in [0.29, 0.717) is 6.61 Å². The molecular formula is C20H24N3O2S2+. The predicted molar refractivity (Wildman–Crippen MR) is 112 cm³/mol. The molecule has 2 aromatic heterocycles. The van der Waals surface area contributed by atoms with E-state index in [1.807, 2.05) is 24.3 Å². The number of rotatable bonds is 5. The normalized spacial score (nSPS) is 16.6. The Bertz CT molecular complexity index is 1020. The summed E-state index contributed by atoms with van der Waals surface area (Å²) < 4.78 is 6.96. The summed E-state index contributed by atoms with van der Waals surface area (Å²) in [5.41, 5.74) is 3.32. The molecule has 1 aliphatic heterocycles. The number of likely N-dealkylation sites (N-methyl/N-ethyl adjacent to an activating group) is 1. The average molecular weight is 403 g/mol. The van der Waals surface area contributed by atoms with Crippen LogP contribution in [0.15, 0.2) is 34.2 Å². The van der Waals surface area contributed by atoms with Crippen molar-refractivity contribution in [3.63, 3.8) is 0 Å². The fourth-order valence-corrected chi connectivity index (χ4v) is 5.76. The SMILES string of the molecule is COCCSc1nc2sc3c(c2c(=O)n1-c1ccc(C)cc1)CC[NH+](C)C3. The summed E-state index contributed by atoms with van der Waals surface area (Å²) in [5, 5.41) is 1.56. The van der Waals surface area contributed by atoms with Gasteiger partial charge < -0.3 is 9.64 Å². The number of nitrogens with one attached hydrogen (secondary N) is 1. The van der Waals surface area contributed by atoms with Crippen LogP contribution in [0.4, 0.5) is 0 Å². The Morgan fingerprint density at radius 2 is 2.11 bits per heavy atom. The number of quaternary nitrogens is 1. The Labute approximate surface area is 167 Å².